The number of carbonyl (C=O) groups excluding carboxylic acids is 2. The molecule has 252 valence electrons. The number of esters is 2. The minimum absolute atomic E-state index is 0.0842. The summed E-state index contributed by atoms with van der Waals surface area (Å²) in [6.07, 6.45) is -3.88. The molecule has 0 radical (unpaired) electrons. The van der Waals surface area contributed by atoms with E-state index in [-0.39, 0.29) is 19.2 Å². The van der Waals surface area contributed by atoms with Gasteiger partial charge in [0.1, 0.15) is 43.2 Å². The second kappa shape index (κ2) is 18.7. The maximum atomic E-state index is 11.5. The first-order valence-corrected chi connectivity index (χ1v) is 14.9. The van der Waals surface area contributed by atoms with Gasteiger partial charge in [0.2, 0.25) is 0 Å². The third-order valence-electron chi connectivity index (χ3n) is 7.44. The van der Waals surface area contributed by atoms with E-state index in [1.54, 1.807) is 0 Å². The summed E-state index contributed by atoms with van der Waals surface area (Å²) in [7, 11) is 0. The van der Waals surface area contributed by atoms with Crippen LogP contribution in [0, 0.1) is 0 Å². The highest BCUT2D eigenvalue weighted by atomic mass is 16.7. The van der Waals surface area contributed by atoms with Crippen LogP contribution in [0.4, 0.5) is 0 Å². The van der Waals surface area contributed by atoms with E-state index < -0.39 is 67.4 Å². The van der Waals surface area contributed by atoms with Crippen LogP contribution in [0.3, 0.4) is 0 Å². The van der Waals surface area contributed by atoms with Crippen LogP contribution in [-0.2, 0) is 38.0 Å². The van der Waals surface area contributed by atoms with Crippen molar-refractivity contribution in [2.75, 3.05) is 19.8 Å². The van der Waals surface area contributed by atoms with Gasteiger partial charge < -0.3 is 54.0 Å². The van der Waals surface area contributed by atoms with Crippen molar-refractivity contribution < 1.29 is 63.5 Å². The number of aliphatic hydroxyl groups excluding tert-OH is 5. The molecule has 2 aliphatic rings. The third-order valence-corrected chi connectivity index (χ3v) is 7.44. The Morgan fingerprint density at radius 1 is 0.682 bits per heavy atom. The Kier molecular flexibility index (Phi) is 16.1. The van der Waals surface area contributed by atoms with E-state index >= 15 is 0 Å². The topological polar surface area (TPSA) is 191 Å². The van der Waals surface area contributed by atoms with Gasteiger partial charge in [-0.15, -0.1) is 0 Å². The monoisotopic (exact) mass is 630 g/mol. The van der Waals surface area contributed by atoms with Crippen LogP contribution in [-0.4, -0.2) is 119 Å². The Morgan fingerprint density at radius 3 is 1.91 bits per heavy atom. The lowest BCUT2D eigenvalue weighted by atomic mass is 9.98. The molecule has 13 nitrogen and oxygen atoms in total. The molecule has 0 aromatic carbocycles. The van der Waals surface area contributed by atoms with Gasteiger partial charge >= 0.3 is 11.9 Å². The number of rotatable bonds is 15. The summed E-state index contributed by atoms with van der Waals surface area (Å²) in [5.41, 5.74) is 3.32. The Labute approximate surface area is 259 Å². The van der Waals surface area contributed by atoms with Crippen molar-refractivity contribution >= 4 is 11.9 Å². The SMILES string of the molecule is CC(=O)OCC(C)=CCCC(C)=CCCC(C)=CCOC1OC(COC2OC(C)C(O)C(O)C2OC(C)=O)C(O)C(O)C1O. The summed E-state index contributed by atoms with van der Waals surface area (Å²) in [5.74, 6) is -1.02. The molecule has 0 spiro atoms. The highest BCUT2D eigenvalue weighted by molar-refractivity contribution is 5.66. The van der Waals surface area contributed by atoms with E-state index in [9.17, 15) is 35.1 Å². The number of allylic oxidation sites excluding steroid dienone is 4. The molecule has 2 heterocycles. The highest BCUT2D eigenvalue weighted by Gasteiger charge is 2.48. The molecule has 10 atom stereocenters. The molecule has 0 amide bonds. The quantitative estimate of drug-likeness (QED) is 0.128. The Hall–Kier alpha value is -2.20. The van der Waals surface area contributed by atoms with Gasteiger partial charge in [-0.1, -0.05) is 29.4 Å². The zero-order chi connectivity index (χ0) is 33.0. The summed E-state index contributed by atoms with van der Waals surface area (Å²) < 4.78 is 32.6. The van der Waals surface area contributed by atoms with Crippen molar-refractivity contribution in [1.82, 2.24) is 0 Å². The molecule has 0 aromatic rings. The van der Waals surface area contributed by atoms with Crippen molar-refractivity contribution in [3.05, 3.63) is 34.9 Å². The summed E-state index contributed by atoms with van der Waals surface area (Å²) in [4.78, 5) is 22.4. The van der Waals surface area contributed by atoms with E-state index in [4.69, 9.17) is 28.4 Å². The average Bonchev–Trinajstić information content (AvgIpc) is 2.95. The van der Waals surface area contributed by atoms with Gasteiger partial charge in [-0.05, 0) is 59.0 Å². The van der Waals surface area contributed by atoms with Gasteiger partial charge in [0.15, 0.2) is 18.7 Å². The fraction of sp³-hybridized carbons (Fsp3) is 0.742. The lowest BCUT2D eigenvalue weighted by Crippen LogP contribution is -2.61. The van der Waals surface area contributed by atoms with Crippen molar-refractivity contribution in [1.29, 1.82) is 0 Å². The molecular weight excluding hydrogens is 580 g/mol. The Bertz CT molecular complexity index is 1010. The zero-order valence-electron chi connectivity index (χ0n) is 26.5. The van der Waals surface area contributed by atoms with Gasteiger partial charge in [0.25, 0.3) is 0 Å². The predicted octanol–water partition coefficient (Wildman–Crippen LogP) is 1.19. The van der Waals surface area contributed by atoms with E-state index in [2.05, 4.69) is 19.1 Å². The molecule has 13 heteroatoms. The van der Waals surface area contributed by atoms with Gasteiger partial charge in [0, 0.05) is 13.8 Å². The molecule has 2 rings (SSSR count). The second-order valence-electron chi connectivity index (χ2n) is 11.5. The van der Waals surface area contributed by atoms with Gasteiger partial charge in [-0.3, -0.25) is 9.59 Å². The van der Waals surface area contributed by atoms with Crippen LogP contribution in [0.25, 0.3) is 0 Å². The molecule has 44 heavy (non-hydrogen) atoms. The molecule has 10 unspecified atom stereocenters. The predicted molar refractivity (Wildman–Crippen MR) is 157 cm³/mol. The molecule has 2 saturated heterocycles. The molecule has 0 aromatic heterocycles. The smallest absolute Gasteiger partial charge is 0.303 e. The fourth-order valence-electron chi connectivity index (χ4n) is 4.69. The minimum Gasteiger partial charge on any atom is -0.461 e. The molecule has 0 aliphatic carbocycles. The van der Waals surface area contributed by atoms with Crippen molar-refractivity contribution in [3.8, 4) is 0 Å². The van der Waals surface area contributed by atoms with Crippen LogP contribution in [0.1, 0.15) is 67.2 Å². The maximum absolute atomic E-state index is 11.5. The van der Waals surface area contributed by atoms with Gasteiger partial charge in [-0.2, -0.15) is 0 Å². The summed E-state index contributed by atoms with van der Waals surface area (Å²) in [5, 5.41) is 51.7. The average molecular weight is 631 g/mol. The summed E-state index contributed by atoms with van der Waals surface area (Å²) in [6.45, 7) is 10.0. The van der Waals surface area contributed by atoms with E-state index in [0.717, 1.165) is 43.8 Å². The van der Waals surface area contributed by atoms with E-state index in [1.165, 1.54) is 19.4 Å². The largest absolute Gasteiger partial charge is 0.461 e. The van der Waals surface area contributed by atoms with Crippen LogP contribution in [0.5, 0.6) is 0 Å². The lowest BCUT2D eigenvalue weighted by Gasteiger charge is -2.43. The molecule has 0 saturated carbocycles. The van der Waals surface area contributed by atoms with Gasteiger partial charge in [0.05, 0.1) is 19.3 Å². The number of hydrogen-bond donors (Lipinski definition) is 5. The number of hydrogen-bond acceptors (Lipinski definition) is 13. The van der Waals surface area contributed by atoms with Crippen LogP contribution in [0.2, 0.25) is 0 Å². The first-order chi connectivity index (χ1) is 20.7. The van der Waals surface area contributed by atoms with Crippen LogP contribution in [0.15, 0.2) is 34.9 Å². The van der Waals surface area contributed by atoms with Gasteiger partial charge in [-0.25, -0.2) is 0 Å². The maximum Gasteiger partial charge on any atom is 0.303 e. The highest BCUT2D eigenvalue weighted by Crippen LogP contribution is 2.27. The summed E-state index contributed by atoms with van der Waals surface area (Å²) in [6, 6.07) is 0. The van der Waals surface area contributed by atoms with Crippen LogP contribution >= 0.6 is 0 Å². The Morgan fingerprint density at radius 2 is 1.30 bits per heavy atom. The molecular formula is C31H50O13. The van der Waals surface area contributed by atoms with Crippen molar-refractivity contribution in [2.45, 2.75) is 129 Å². The van der Waals surface area contributed by atoms with E-state index in [1.807, 2.05) is 19.9 Å². The normalized spacial score (nSPS) is 33.7. The minimum atomic E-state index is -1.59. The van der Waals surface area contributed by atoms with Crippen molar-refractivity contribution in [2.24, 2.45) is 0 Å². The standard InChI is InChI=1S/C31H50O13/c1-17(10-8-12-19(3)15-40-21(5)32)9-7-11-18(2)13-14-39-30-28(38)26(36)25(35)23(44-30)16-41-31-29(43-22(6)33)27(37)24(34)20(4)42-31/h9,12-13,20,23-31,34-38H,7-8,10-11,14-16H2,1-6H3. The number of carbonyl (C=O) groups is 2. The van der Waals surface area contributed by atoms with Crippen LogP contribution < -0.4 is 0 Å². The van der Waals surface area contributed by atoms with E-state index in [0.29, 0.717) is 6.61 Å². The first-order valence-electron chi connectivity index (χ1n) is 14.9. The molecule has 0 bridgehead atoms. The molecule has 2 fully saturated rings. The number of aliphatic hydroxyl groups is 5. The second-order valence-corrected chi connectivity index (χ2v) is 11.5. The third kappa shape index (κ3) is 12.3. The first kappa shape index (κ1) is 38.0. The molecule has 5 N–H and O–H groups in total. The fourth-order valence-corrected chi connectivity index (χ4v) is 4.69. The lowest BCUT2D eigenvalue weighted by molar-refractivity contribution is -0.327. The van der Waals surface area contributed by atoms with Crippen molar-refractivity contribution in [3.63, 3.8) is 0 Å². The molecule has 2 aliphatic heterocycles. The Balaban J connectivity index is 1.84. The number of ether oxygens (including phenoxy) is 6. The summed E-state index contributed by atoms with van der Waals surface area (Å²) >= 11 is 0. The zero-order valence-corrected chi connectivity index (χ0v) is 26.5.